The third-order valence-electron chi connectivity index (χ3n) is 3.42. The number of aryl methyl sites for hydroxylation is 1. The summed E-state index contributed by atoms with van der Waals surface area (Å²) in [5.74, 6) is 0.0779. The molecule has 1 aromatic rings. The van der Waals surface area contributed by atoms with Gasteiger partial charge < -0.3 is 5.32 Å². The molecule has 0 unspecified atom stereocenters. The van der Waals surface area contributed by atoms with Gasteiger partial charge in [-0.3, -0.25) is 4.79 Å². The SMILES string of the molecule is CCCc1ncncc1C(=O)NC1CCS(=O)(=O)CC1. The Morgan fingerprint density at radius 3 is 2.75 bits per heavy atom. The van der Waals surface area contributed by atoms with Crippen LogP contribution in [0.3, 0.4) is 0 Å². The smallest absolute Gasteiger partial charge is 0.254 e. The van der Waals surface area contributed by atoms with Crippen LogP contribution in [0.25, 0.3) is 0 Å². The van der Waals surface area contributed by atoms with Crippen LogP contribution in [-0.2, 0) is 16.3 Å². The fourth-order valence-electron chi connectivity index (χ4n) is 2.28. The number of sulfone groups is 1. The first-order chi connectivity index (χ1) is 9.52. The van der Waals surface area contributed by atoms with E-state index in [1.54, 1.807) is 0 Å². The van der Waals surface area contributed by atoms with Crippen molar-refractivity contribution in [3.63, 3.8) is 0 Å². The van der Waals surface area contributed by atoms with E-state index in [0.717, 1.165) is 18.5 Å². The van der Waals surface area contributed by atoms with Gasteiger partial charge in [0.05, 0.1) is 22.8 Å². The summed E-state index contributed by atoms with van der Waals surface area (Å²) in [6.07, 6.45) is 5.54. The fourth-order valence-corrected chi connectivity index (χ4v) is 3.77. The van der Waals surface area contributed by atoms with Crippen LogP contribution in [0.1, 0.15) is 42.2 Å². The number of nitrogens with one attached hydrogen (secondary N) is 1. The molecule has 1 amide bonds. The largest absolute Gasteiger partial charge is 0.349 e. The number of hydrogen-bond acceptors (Lipinski definition) is 5. The molecule has 1 N–H and O–H groups in total. The lowest BCUT2D eigenvalue weighted by molar-refractivity contribution is 0.0932. The molecule has 2 rings (SSSR count). The van der Waals surface area contributed by atoms with Crippen molar-refractivity contribution in [3.8, 4) is 0 Å². The molecule has 1 aliphatic heterocycles. The van der Waals surface area contributed by atoms with Gasteiger partial charge in [-0.05, 0) is 19.3 Å². The van der Waals surface area contributed by atoms with E-state index in [4.69, 9.17) is 0 Å². The molecule has 0 bridgehead atoms. The average molecular weight is 297 g/mol. The van der Waals surface area contributed by atoms with E-state index >= 15 is 0 Å². The summed E-state index contributed by atoms with van der Waals surface area (Å²) < 4.78 is 22.7. The molecule has 1 saturated heterocycles. The number of hydrogen-bond donors (Lipinski definition) is 1. The highest BCUT2D eigenvalue weighted by Crippen LogP contribution is 2.14. The van der Waals surface area contributed by atoms with Crippen LogP contribution in [0, 0.1) is 0 Å². The fraction of sp³-hybridized carbons (Fsp3) is 0.615. The predicted octanol–water partition coefficient (Wildman–Crippen LogP) is 0.736. The first kappa shape index (κ1) is 14.9. The zero-order valence-corrected chi connectivity index (χ0v) is 12.3. The molecule has 2 heterocycles. The highest BCUT2D eigenvalue weighted by atomic mass is 32.2. The van der Waals surface area contributed by atoms with Gasteiger partial charge in [0, 0.05) is 12.2 Å². The number of carbonyl (C=O) groups excluding carboxylic acids is 1. The van der Waals surface area contributed by atoms with Crippen molar-refractivity contribution >= 4 is 15.7 Å². The van der Waals surface area contributed by atoms with Crippen molar-refractivity contribution in [2.24, 2.45) is 0 Å². The molecule has 0 radical (unpaired) electrons. The van der Waals surface area contributed by atoms with E-state index in [2.05, 4.69) is 15.3 Å². The van der Waals surface area contributed by atoms with Crippen LogP contribution in [0.15, 0.2) is 12.5 Å². The van der Waals surface area contributed by atoms with Gasteiger partial charge in [-0.1, -0.05) is 13.3 Å². The number of rotatable bonds is 4. The van der Waals surface area contributed by atoms with Gasteiger partial charge in [-0.15, -0.1) is 0 Å². The highest BCUT2D eigenvalue weighted by molar-refractivity contribution is 7.91. The molecule has 6 nitrogen and oxygen atoms in total. The topological polar surface area (TPSA) is 89.0 Å². The Morgan fingerprint density at radius 2 is 2.10 bits per heavy atom. The second-order valence-electron chi connectivity index (χ2n) is 5.03. The van der Waals surface area contributed by atoms with Gasteiger partial charge >= 0.3 is 0 Å². The lowest BCUT2D eigenvalue weighted by atomic mass is 10.1. The molecule has 20 heavy (non-hydrogen) atoms. The molecular weight excluding hydrogens is 278 g/mol. The molecule has 110 valence electrons. The second kappa shape index (κ2) is 6.30. The van der Waals surface area contributed by atoms with Crippen molar-refractivity contribution < 1.29 is 13.2 Å². The summed E-state index contributed by atoms with van der Waals surface area (Å²) in [7, 11) is -2.91. The lowest BCUT2D eigenvalue weighted by Gasteiger charge is -2.23. The number of carbonyl (C=O) groups is 1. The maximum absolute atomic E-state index is 12.2. The van der Waals surface area contributed by atoms with Crippen molar-refractivity contribution in [1.82, 2.24) is 15.3 Å². The monoisotopic (exact) mass is 297 g/mol. The second-order valence-corrected chi connectivity index (χ2v) is 7.34. The Labute approximate surface area is 118 Å². The van der Waals surface area contributed by atoms with Crippen LogP contribution in [0.5, 0.6) is 0 Å². The third-order valence-corrected chi connectivity index (χ3v) is 5.13. The third kappa shape index (κ3) is 3.75. The molecule has 0 atom stereocenters. The van der Waals surface area contributed by atoms with E-state index in [9.17, 15) is 13.2 Å². The highest BCUT2D eigenvalue weighted by Gasteiger charge is 2.25. The van der Waals surface area contributed by atoms with Crippen molar-refractivity contribution in [2.75, 3.05) is 11.5 Å². The maximum Gasteiger partial charge on any atom is 0.254 e. The predicted molar refractivity (Wildman–Crippen MR) is 75.2 cm³/mol. The summed E-state index contributed by atoms with van der Waals surface area (Å²) in [5, 5.41) is 2.89. The Morgan fingerprint density at radius 1 is 1.40 bits per heavy atom. The number of amides is 1. The summed E-state index contributed by atoms with van der Waals surface area (Å²) >= 11 is 0. The minimum absolute atomic E-state index is 0.0827. The van der Waals surface area contributed by atoms with Crippen molar-refractivity contribution in [3.05, 3.63) is 23.8 Å². The Hall–Kier alpha value is -1.50. The van der Waals surface area contributed by atoms with Crippen LogP contribution < -0.4 is 5.32 Å². The van der Waals surface area contributed by atoms with E-state index < -0.39 is 9.84 Å². The van der Waals surface area contributed by atoms with Gasteiger partial charge in [-0.2, -0.15) is 0 Å². The van der Waals surface area contributed by atoms with E-state index in [1.807, 2.05) is 6.92 Å². The molecule has 1 aliphatic rings. The molecule has 1 aromatic heterocycles. The summed E-state index contributed by atoms with van der Waals surface area (Å²) in [5.41, 5.74) is 1.23. The van der Waals surface area contributed by atoms with Gasteiger partial charge in [0.2, 0.25) is 0 Å². The Kier molecular flexibility index (Phi) is 4.69. The Bertz CT molecular complexity index is 572. The van der Waals surface area contributed by atoms with Gasteiger partial charge in [0.1, 0.15) is 16.2 Å². The lowest BCUT2D eigenvalue weighted by Crippen LogP contribution is -2.41. The first-order valence-electron chi connectivity index (χ1n) is 6.82. The van der Waals surface area contributed by atoms with Crippen LogP contribution in [-0.4, -0.2) is 41.8 Å². The summed E-state index contributed by atoms with van der Waals surface area (Å²) in [6.45, 7) is 2.02. The van der Waals surface area contributed by atoms with Crippen LogP contribution >= 0.6 is 0 Å². The zero-order valence-electron chi connectivity index (χ0n) is 11.5. The zero-order chi connectivity index (χ0) is 14.6. The number of aromatic nitrogens is 2. The number of nitrogens with zero attached hydrogens (tertiary/aromatic N) is 2. The van der Waals surface area contributed by atoms with Gasteiger partial charge in [0.25, 0.3) is 5.91 Å². The van der Waals surface area contributed by atoms with Crippen molar-refractivity contribution in [1.29, 1.82) is 0 Å². The maximum atomic E-state index is 12.2. The normalized spacial score (nSPS) is 18.6. The molecule has 7 heteroatoms. The molecular formula is C13H19N3O3S. The minimum atomic E-state index is -2.91. The molecule has 0 spiro atoms. The van der Waals surface area contributed by atoms with Gasteiger partial charge in [-0.25, -0.2) is 18.4 Å². The van der Waals surface area contributed by atoms with Crippen LogP contribution in [0.2, 0.25) is 0 Å². The summed E-state index contributed by atoms with van der Waals surface area (Å²) in [6, 6.07) is -0.0827. The summed E-state index contributed by atoms with van der Waals surface area (Å²) in [4.78, 5) is 20.3. The molecule has 0 aromatic carbocycles. The van der Waals surface area contributed by atoms with E-state index in [0.29, 0.717) is 18.4 Å². The Balaban J connectivity index is 2.02. The van der Waals surface area contributed by atoms with Crippen LogP contribution in [0.4, 0.5) is 0 Å². The molecule has 1 fully saturated rings. The average Bonchev–Trinajstić information content (AvgIpc) is 2.42. The first-order valence-corrected chi connectivity index (χ1v) is 8.64. The van der Waals surface area contributed by atoms with E-state index in [1.165, 1.54) is 12.5 Å². The van der Waals surface area contributed by atoms with Crippen molar-refractivity contribution in [2.45, 2.75) is 38.6 Å². The standard InChI is InChI=1S/C13H19N3O3S/c1-2-3-12-11(8-14-9-15-12)13(17)16-10-4-6-20(18,19)7-5-10/h8-10H,2-7H2,1H3,(H,16,17). The molecule has 0 aliphatic carbocycles. The van der Waals surface area contributed by atoms with Gasteiger partial charge in [0.15, 0.2) is 0 Å². The quantitative estimate of drug-likeness (QED) is 0.885. The minimum Gasteiger partial charge on any atom is -0.349 e. The van der Waals surface area contributed by atoms with E-state index in [-0.39, 0.29) is 23.5 Å². The molecule has 0 saturated carbocycles.